The van der Waals surface area contributed by atoms with Crippen LogP contribution in [0.2, 0.25) is 0 Å². The van der Waals surface area contributed by atoms with E-state index >= 15 is 0 Å². The van der Waals surface area contributed by atoms with Crippen molar-refractivity contribution in [3.8, 4) is 6.07 Å². The molecule has 2 N–H and O–H groups in total. The Labute approximate surface area is 48.1 Å². The van der Waals surface area contributed by atoms with E-state index in [1.807, 2.05) is 0 Å². The highest BCUT2D eigenvalue weighted by molar-refractivity contribution is 5.88. The Kier molecular flexibility index (Phi) is 1.72. The molecule has 1 atom stereocenters. The molecular weight excluding hydrogens is 104 g/mol. The van der Waals surface area contributed by atoms with E-state index in [1.165, 1.54) is 13.8 Å². The molecule has 0 aromatic carbocycles. The second-order valence-corrected chi connectivity index (χ2v) is 1.87. The second kappa shape index (κ2) is 1.93. The summed E-state index contributed by atoms with van der Waals surface area (Å²) in [4.78, 5) is 10.3. The van der Waals surface area contributed by atoms with Crippen LogP contribution in [0.1, 0.15) is 13.8 Å². The number of ketones is 1. The Hall–Kier alpha value is -0.880. The summed E-state index contributed by atoms with van der Waals surface area (Å²) in [6.45, 7) is 2.68. The molecule has 0 aliphatic rings. The van der Waals surface area contributed by atoms with E-state index in [9.17, 15) is 4.79 Å². The van der Waals surface area contributed by atoms with Gasteiger partial charge in [-0.2, -0.15) is 5.26 Å². The molecular formula is C5H8N2O. The Morgan fingerprint density at radius 2 is 2.25 bits per heavy atom. The molecule has 0 amide bonds. The summed E-state index contributed by atoms with van der Waals surface area (Å²) in [5.41, 5.74) is 3.86. The quantitative estimate of drug-likeness (QED) is 0.511. The molecule has 3 heteroatoms. The number of Topliss-reactive ketones (excluding diaryl/α,β-unsaturated/α-hetero) is 1. The van der Waals surface area contributed by atoms with Gasteiger partial charge in [0.15, 0.2) is 11.3 Å². The first kappa shape index (κ1) is 7.12. The summed E-state index contributed by atoms with van der Waals surface area (Å²) < 4.78 is 0. The van der Waals surface area contributed by atoms with Crippen molar-refractivity contribution < 1.29 is 4.79 Å². The van der Waals surface area contributed by atoms with Gasteiger partial charge < -0.3 is 5.73 Å². The van der Waals surface area contributed by atoms with E-state index in [2.05, 4.69) is 0 Å². The standard InChI is InChI=1S/C5H8N2O/c1-4(8)5(2,7)3-6/h7H2,1-2H3. The molecule has 0 saturated carbocycles. The monoisotopic (exact) mass is 112 g/mol. The van der Waals surface area contributed by atoms with Gasteiger partial charge in [0.2, 0.25) is 0 Å². The topological polar surface area (TPSA) is 66.9 Å². The highest BCUT2D eigenvalue weighted by atomic mass is 16.1. The first-order chi connectivity index (χ1) is 3.50. The van der Waals surface area contributed by atoms with Crippen LogP contribution in [0.4, 0.5) is 0 Å². The maximum Gasteiger partial charge on any atom is 0.163 e. The van der Waals surface area contributed by atoms with Crippen LogP contribution in [0.3, 0.4) is 0 Å². The van der Waals surface area contributed by atoms with Gasteiger partial charge in [-0.05, 0) is 13.8 Å². The van der Waals surface area contributed by atoms with Gasteiger partial charge in [-0.25, -0.2) is 0 Å². The molecule has 0 fully saturated rings. The molecule has 0 aromatic heterocycles. The average molecular weight is 112 g/mol. The number of carbonyl (C=O) groups excluding carboxylic acids is 1. The number of carbonyl (C=O) groups is 1. The second-order valence-electron chi connectivity index (χ2n) is 1.87. The summed E-state index contributed by atoms with van der Waals surface area (Å²) in [5.74, 6) is -0.306. The number of hydrogen-bond acceptors (Lipinski definition) is 3. The molecule has 8 heavy (non-hydrogen) atoms. The van der Waals surface area contributed by atoms with Crippen molar-refractivity contribution in [3.63, 3.8) is 0 Å². The van der Waals surface area contributed by atoms with Crippen molar-refractivity contribution >= 4 is 5.78 Å². The van der Waals surface area contributed by atoms with Crippen molar-refractivity contribution in [2.45, 2.75) is 19.4 Å². The van der Waals surface area contributed by atoms with Crippen molar-refractivity contribution in [2.75, 3.05) is 0 Å². The highest BCUT2D eigenvalue weighted by Gasteiger charge is 2.22. The van der Waals surface area contributed by atoms with E-state index in [-0.39, 0.29) is 5.78 Å². The molecule has 0 heterocycles. The number of nitriles is 1. The number of rotatable bonds is 1. The zero-order valence-electron chi connectivity index (χ0n) is 4.93. The molecule has 44 valence electrons. The third kappa shape index (κ3) is 1.32. The molecule has 0 bridgehead atoms. The van der Waals surface area contributed by atoms with Crippen LogP contribution in [0.25, 0.3) is 0 Å². The first-order valence-corrected chi connectivity index (χ1v) is 2.22. The molecule has 0 saturated heterocycles. The van der Waals surface area contributed by atoms with Crippen LogP contribution >= 0.6 is 0 Å². The maximum absolute atomic E-state index is 10.3. The molecule has 1 unspecified atom stereocenters. The van der Waals surface area contributed by atoms with Gasteiger partial charge in [-0.3, -0.25) is 4.79 Å². The van der Waals surface area contributed by atoms with Crippen LogP contribution in [-0.2, 0) is 4.79 Å². The van der Waals surface area contributed by atoms with Gasteiger partial charge in [0.25, 0.3) is 0 Å². The number of nitrogens with zero attached hydrogens (tertiary/aromatic N) is 1. The smallest absolute Gasteiger partial charge is 0.163 e. The van der Waals surface area contributed by atoms with Gasteiger partial charge in [-0.15, -0.1) is 0 Å². The van der Waals surface area contributed by atoms with Crippen LogP contribution < -0.4 is 5.73 Å². The van der Waals surface area contributed by atoms with Crippen molar-refractivity contribution in [2.24, 2.45) is 5.73 Å². The lowest BCUT2D eigenvalue weighted by molar-refractivity contribution is -0.119. The summed E-state index contributed by atoms with van der Waals surface area (Å²) in [7, 11) is 0. The lowest BCUT2D eigenvalue weighted by atomic mass is 10.0. The van der Waals surface area contributed by atoms with Crippen LogP contribution in [0.15, 0.2) is 0 Å². The molecule has 0 aliphatic carbocycles. The first-order valence-electron chi connectivity index (χ1n) is 2.22. The Bertz CT molecular complexity index is 143. The van der Waals surface area contributed by atoms with Gasteiger partial charge in [0.1, 0.15) is 0 Å². The van der Waals surface area contributed by atoms with E-state index < -0.39 is 5.54 Å². The molecule has 0 aromatic rings. The molecule has 0 aliphatic heterocycles. The van der Waals surface area contributed by atoms with Crippen molar-refractivity contribution in [1.29, 1.82) is 5.26 Å². The SMILES string of the molecule is CC(=O)C(C)(N)C#N. The molecule has 3 nitrogen and oxygen atoms in total. The maximum atomic E-state index is 10.3. The fourth-order valence-electron chi connectivity index (χ4n) is 0.0787. The minimum absolute atomic E-state index is 0.306. The lowest BCUT2D eigenvalue weighted by Gasteiger charge is -2.07. The summed E-state index contributed by atoms with van der Waals surface area (Å²) in [6.07, 6.45) is 0. The van der Waals surface area contributed by atoms with E-state index in [0.29, 0.717) is 0 Å². The predicted molar refractivity (Wildman–Crippen MR) is 28.9 cm³/mol. The van der Waals surface area contributed by atoms with Crippen LogP contribution in [0, 0.1) is 11.3 Å². The zero-order valence-corrected chi connectivity index (χ0v) is 4.93. The average Bonchev–Trinajstić information content (AvgIpc) is 1.67. The highest BCUT2D eigenvalue weighted by Crippen LogP contribution is 1.95. The molecule has 0 spiro atoms. The summed E-state index contributed by atoms with van der Waals surface area (Å²) in [5, 5.41) is 8.17. The predicted octanol–water partition coefficient (Wildman–Crippen LogP) is -0.184. The Morgan fingerprint density at radius 3 is 2.25 bits per heavy atom. The molecule has 0 rings (SSSR count). The molecule has 0 radical (unpaired) electrons. The summed E-state index contributed by atoms with van der Waals surface area (Å²) in [6, 6.07) is 1.67. The van der Waals surface area contributed by atoms with Gasteiger partial charge >= 0.3 is 0 Å². The van der Waals surface area contributed by atoms with Gasteiger partial charge in [0.05, 0.1) is 6.07 Å². The third-order valence-electron chi connectivity index (χ3n) is 0.964. The van der Waals surface area contributed by atoms with Crippen molar-refractivity contribution in [1.82, 2.24) is 0 Å². The lowest BCUT2D eigenvalue weighted by Crippen LogP contribution is -2.41. The van der Waals surface area contributed by atoms with Crippen LogP contribution in [0.5, 0.6) is 0 Å². The number of nitrogens with two attached hydrogens (primary N) is 1. The third-order valence-corrected chi connectivity index (χ3v) is 0.964. The largest absolute Gasteiger partial charge is 0.307 e. The van der Waals surface area contributed by atoms with E-state index in [0.717, 1.165) is 0 Å². The van der Waals surface area contributed by atoms with Crippen LogP contribution in [-0.4, -0.2) is 11.3 Å². The summed E-state index contributed by atoms with van der Waals surface area (Å²) >= 11 is 0. The normalized spacial score (nSPS) is 16.2. The fraction of sp³-hybridized carbons (Fsp3) is 0.600. The minimum atomic E-state index is -1.29. The Morgan fingerprint density at radius 1 is 1.88 bits per heavy atom. The minimum Gasteiger partial charge on any atom is -0.307 e. The van der Waals surface area contributed by atoms with E-state index in [1.54, 1.807) is 6.07 Å². The van der Waals surface area contributed by atoms with E-state index in [4.69, 9.17) is 11.0 Å². The van der Waals surface area contributed by atoms with Gasteiger partial charge in [0, 0.05) is 0 Å². The number of hydrogen-bond donors (Lipinski definition) is 1. The fourth-order valence-corrected chi connectivity index (χ4v) is 0.0787. The zero-order chi connectivity index (χ0) is 6.78. The van der Waals surface area contributed by atoms with Gasteiger partial charge in [-0.1, -0.05) is 0 Å². The Balaban J connectivity index is 4.19. The van der Waals surface area contributed by atoms with Crippen molar-refractivity contribution in [3.05, 3.63) is 0 Å².